The summed E-state index contributed by atoms with van der Waals surface area (Å²) in [7, 11) is 0. The van der Waals surface area contributed by atoms with Crippen LogP contribution < -0.4 is 5.73 Å². The van der Waals surface area contributed by atoms with Crippen molar-refractivity contribution in [2.45, 2.75) is 18.8 Å². The van der Waals surface area contributed by atoms with E-state index in [1.807, 2.05) is 0 Å². The van der Waals surface area contributed by atoms with Gasteiger partial charge < -0.3 is 15.9 Å². The van der Waals surface area contributed by atoms with Crippen LogP contribution in [0.15, 0.2) is 30.3 Å². The lowest BCUT2D eigenvalue weighted by molar-refractivity contribution is -0.182. The van der Waals surface area contributed by atoms with Crippen LogP contribution in [0.2, 0.25) is 0 Å². The number of hydrogen-bond acceptors (Lipinski definition) is 3. The molecule has 1 rings (SSSR count). The zero-order valence-electron chi connectivity index (χ0n) is 6.94. The van der Waals surface area contributed by atoms with Crippen LogP contribution in [0.25, 0.3) is 0 Å². The van der Waals surface area contributed by atoms with Crippen molar-refractivity contribution in [1.29, 1.82) is 0 Å². The molecule has 0 saturated heterocycles. The van der Waals surface area contributed by atoms with Crippen LogP contribution in [0.5, 0.6) is 0 Å². The summed E-state index contributed by atoms with van der Waals surface area (Å²) < 4.78 is 0. The molecule has 0 saturated carbocycles. The molecule has 1 unspecified atom stereocenters. The first kappa shape index (κ1) is 9.19. The molecule has 0 aliphatic rings. The molecule has 4 N–H and O–H groups in total. The van der Waals surface area contributed by atoms with Crippen LogP contribution in [0.4, 0.5) is 0 Å². The maximum absolute atomic E-state index is 9.49. The van der Waals surface area contributed by atoms with Crippen LogP contribution in [-0.2, 0) is 5.79 Å². The number of nitrogens with two attached hydrogens (primary N) is 1. The van der Waals surface area contributed by atoms with Crippen LogP contribution in [0.1, 0.15) is 12.5 Å². The van der Waals surface area contributed by atoms with Gasteiger partial charge in [-0.05, 0) is 6.92 Å². The molecular formula is C9H13NO2. The molecule has 1 aromatic rings. The molecule has 0 fully saturated rings. The van der Waals surface area contributed by atoms with Crippen molar-refractivity contribution in [3.63, 3.8) is 0 Å². The van der Waals surface area contributed by atoms with Crippen molar-refractivity contribution in [1.82, 2.24) is 0 Å². The van der Waals surface area contributed by atoms with E-state index >= 15 is 0 Å². The Kier molecular flexibility index (Phi) is 2.47. The predicted molar refractivity (Wildman–Crippen MR) is 46.2 cm³/mol. The molecule has 0 radical (unpaired) electrons. The molecule has 0 aliphatic carbocycles. The van der Waals surface area contributed by atoms with Gasteiger partial charge in [0.05, 0.1) is 6.04 Å². The molecule has 0 aromatic heterocycles. The molecule has 0 amide bonds. The van der Waals surface area contributed by atoms with E-state index in [0.29, 0.717) is 5.56 Å². The maximum Gasteiger partial charge on any atom is 0.205 e. The first-order chi connectivity index (χ1) is 5.55. The average molecular weight is 167 g/mol. The van der Waals surface area contributed by atoms with Gasteiger partial charge in [0, 0.05) is 5.56 Å². The quantitative estimate of drug-likeness (QED) is 0.550. The van der Waals surface area contributed by atoms with Crippen molar-refractivity contribution in [2.75, 3.05) is 0 Å². The highest BCUT2D eigenvalue weighted by atomic mass is 16.5. The number of benzene rings is 1. The Balaban J connectivity index is 2.98. The van der Waals surface area contributed by atoms with Gasteiger partial charge in [-0.15, -0.1) is 0 Å². The highest BCUT2D eigenvalue weighted by molar-refractivity contribution is 5.20. The fourth-order valence-corrected chi connectivity index (χ4v) is 0.946. The highest BCUT2D eigenvalue weighted by Gasteiger charge is 2.29. The number of aliphatic hydroxyl groups is 2. The standard InChI is InChI=1S/C9H13NO2/c1-7(10)9(11,12)8-5-3-2-4-6-8/h2-7,11-12H,10H2,1H3. The van der Waals surface area contributed by atoms with E-state index in [0.717, 1.165) is 0 Å². The fraction of sp³-hybridized carbons (Fsp3) is 0.333. The second kappa shape index (κ2) is 3.23. The molecule has 0 bridgehead atoms. The van der Waals surface area contributed by atoms with Crippen LogP contribution >= 0.6 is 0 Å². The smallest absolute Gasteiger partial charge is 0.205 e. The second-order valence-corrected chi connectivity index (χ2v) is 2.88. The third-order valence-corrected chi connectivity index (χ3v) is 1.83. The molecule has 66 valence electrons. The first-order valence-electron chi connectivity index (χ1n) is 3.81. The molecule has 1 aromatic carbocycles. The summed E-state index contributed by atoms with van der Waals surface area (Å²) in [5, 5.41) is 19.0. The van der Waals surface area contributed by atoms with Gasteiger partial charge in [-0.2, -0.15) is 0 Å². The van der Waals surface area contributed by atoms with E-state index in [4.69, 9.17) is 5.73 Å². The largest absolute Gasteiger partial charge is 0.361 e. The van der Waals surface area contributed by atoms with Gasteiger partial charge in [0.15, 0.2) is 0 Å². The van der Waals surface area contributed by atoms with Gasteiger partial charge in [-0.1, -0.05) is 30.3 Å². The molecule has 0 spiro atoms. The fourth-order valence-electron chi connectivity index (χ4n) is 0.946. The minimum absolute atomic E-state index is 0.417. The lowest BCUT2D eigenvalue weighted by atomic mass is 10.0. The Morgan fingerprint density at radius 1 is 1.25 bits per heavy atom. The topological polar surface area (TPSA) is 66.5 Å². The molecular weight excluding hydrogens is 154 g/mol. The van der Waals surface area contributed by atoms with Crippen molar-refractivity contribution in [3.05, 3.63) is 35.9 Å². The van der Waals surface area contributed by atoms with Gasteiger partial charge in [-0.25, -0.2) is 0 Å². The third kappa shape index (κ3) is 1.64. The summed E-state index contributed by atoms with van der Waals surface area (Å²) >= 11 is 0. The van der Waals surface area contributed by atoms with E-state index in [2.05, 4.69) is 0 Å². The lowest BCUT2D eigenvalue weighted by Crippen LogP contribution is -2.43. The zero-order chi connectivity index (χ0) is 9.19. The summed E-state index contributed by atoms with van der Waals surface area (Å²) in [5.41, 5.74) is 5.82. The van der Waals surface area contributed by atoms with Crippen molar-refractivity contribution < 1.29 is 10.2 Å². The minimum atomic E-state index is -1.93. The SMILES string of the molecule is CC(N)C(O)(O)c1ccccc1. The molecule has 0 aliphatic heterocycles. The third-order valence-electron chi connectivity index (χ3n) is 1.83. The Labute approximate surface area is 71.5 Å². The summed E-state index contributed by atoms with van der Waals surface area (Å²) in [6.07, 6.45) is 0. The Bertz CT molecular complexity index is 244. The Morgan fingerprint density at radius 2 is 1.75 bits per heavy atom. The number of rotatable bonds is 2. The van der Waals surface area contributed by atoms with Crippen LogP contribution in [0, 0.1) is 0 Å². The first-order valence-corrected chi connectivity index (χ1v) is 3.81. The van der Waals surface area contributed by atoms with Gasteiger partial charge in [0.1, 0.15) is 0 Å². The minimum Gasteiger partial charge on any atom is -0.361 e. The van der Waals surface area contributed by atoms with Crippen molar-refractivity contribution in [2.24, 2.45) is 5.73 Å². The predicted octanol–water partition coefficient (Wildman–Crippen LogP) is 0.171. The summed E-state index contributed by atoms with van der Waals surface area (Å²) in [4.78, 5) is 0. The van der Waals surface area contributed by atoms with Crippen molar-refractivity contribution in [3.8, 4) is 0 Å². The monoisotopic (exact) mass is 167 g/mol. The molecule has 12 heavy (non-hydrogen) atoms. The normalized spacial score (nSPS) is 14.3. The summed E-state index contributed by atoms with van der Waals surface area (Å²) in [6, 6.07) is 7.82. The van der Waals surface area contributed by atoms with E-state index in [1.54, 1.807) is 37.3 Å². The van der Waals surface area contributed by atoms with Crippen LogP contribution in [-0.4, -0.2) is 16.3 Å². The molecule has 1 atom stereocenters. The summed E-state index contributed by atoms with van der Waals surface area (Å²) in [6.45, 7) is 1.55. The number of hydrogen-bond donors (Lipinski definition) is 3. The average Bonchev–Trinajstić information content (AvgIpc) is 2.06. The van der Waals surface area contributed by atoms with Crippen molar-refractivity contribution >= 4 is 0 Å². The Morgan fingerprint density at radius 3 is 2.17 bits per heavy atom. The second-order valence-electron chi connectivity index (χ2n) is 2.88. The molecule has 0 heterocycles. The van der Waals surface area contributed by atoms with E-state index in [1.165, 1.54) is 0 Å². The van der Waals surface area contributed by atoms with E-state index < -0.39 is 11.8 Å². The summed E-state index contributed by atoms with van der Waals surface area (Å²) in [5.74, 6) is -1.93. The highest BCUT2D eigenvalue weighted by Crippen LogP contribution is 2.19. The van der Waals surface area contributed by atoms with Gasteiger partial charge >= 0.3 is 0 Å². The van der Waals surface area contributed by atoms with E-state index in [9.17, 15) is 10.2 Å². The van der Waals surface area contributed by atoms with Gasteiger partial charge in [0.25, 0.3) is 0 Å². The van der Waals surface area contributed by atoms with Gasteiger partial charge in [0.2, 0.25) is 5.79 Å². The lowest BCUT2D eigenvalue weighted by Gasteiger charge is -2.25. The molecule has 3 heteroatoms. The zero-order valence-corrected chi connectivity index (χ0v) is 6.94. The van der Waals surface area contributed by atoms with Gasteiger partial charge in [-0.3, -0.25) is 0 Å². The van der Waals surface area contributed by atoms with Crippen LogP contribution in [0.3, 0.4) is 0 Å². The molecule has 3 nitrogen and oxygen atoms in total. The Hall–Kier alpha value is -0.900. The van der Waals surface area contributed by atoms with E-state index in [-0.39, 0.29) is 0 Å². The maximum atomic E-state index is 9.49.